The van der Waals surface area contributed by atoms with Gasteiger partial charge in [0.25, 0.3) is 0 Å². The molecular formula is C20H22N4O4S. The zero-order valence-electron chi connectivity index (χ0n) is 16.3. The van der Waals surface area contributed by atoms with Gasteiger partial charge in [0.1, 0.15) is 5.75 Å². The fourth-order valence-corrected chi connectivity index (χ4v) is 4.60. The third-order valence-electron chi connectivity index (χ3n) is 4.93. The minimum absolute atomic E-state index is 0.256. The zero-order valence-corrected chi connectivity index (χ0v) is 17.1. The Balaban J connectivity index is 1.43. The van der Waals surface area contributed by atoms with Crippen molar-refractivity contribution in [3.63, 3.8) is 0 Å². The number of methoxy groups -OCH3 is 1. The average Bonchev–Trinajstić information content (AvgIpc) is 3.24. The quantitative estimate of drug-likeness (QED) is 0.634. The monoisotopic (exact) mass is 414 g/mol. The standard InChI is InChI=1S/C20H22N4O4S/c1-15-3-5-16(6-4-15)19-21-20(28-22-19)23-11-13-24(14-12-23)29(25,26)18-9-7-17(27-2)8-10-18/h3-10H,11-14H2,1-2H3. The Hall–Kier alpha value is -2.91. The van der Waals surface area contributed by atoms with Crippen LogP contribution in [0.5, 0.6) is 5.75 Å². The van der Waals surface area contributed by atoms with E-state index in [9.17, 15) is 8.42 Å². The van der Waals surface area contributed by atoms with Gasteiger partial charge in [-0.25, -0.2) is 8.42 Å². The summed E-state index contributed by atoms with van der Waals surface area (Å²) in [5, 5.41) is 4.05. The number of hydrogen-bond acceptors (Lipinski definition) is 7. The summed E-state index contributed by atoms with van der Waals surface area (Å²) in [6, 6.07) is 14.7. The molecular weight excluding hydrogens is 392 g/mol. The lowest BCUT2D eigenvalue weighted by atomic mass is 10.1. The summed E-state index contributed by atoms with van der Waals surface area (Å²) in [5.74, 6) is 1.14. The van der Waals surface area contributed by atoms with Crippen molar-refractivity contribution >= 4 is 16.0 Å². The highest BCUT2D eigenvalue weighted by Crippen LogP contribution is 2.24. The molecule has 8 nitrogen and oxygen atoms in total. The summed E-state index contributed by atoms with van der Waals surface area (Å²) in [6.07, 6.45) is 0. The van der Waals surface area contributed by atoms with Crippen molar-refractivity contribution in [2.45, 2.75) is 11.8 Å². The maximum atomic E-state index is 12.9. The molecule has 29 heavy (non-hydrogen) atoms. The van der Waals surface area contributed by atoms with Gasteiger partial charge in [-0.05, 0) is 31.2 Å². The van der Waals surface area contributed by atoms with E-state index in [1.807, 2.05) is 36.1 Å². The maximum Gasteiger partial charge on any atom is 0.324 e. The first kappa shape index (κ1) is 19.4. The van der Waals surface area contributed by atoms with Gasteiger partial charge in [-0.15, -0.1) is 0 Å². The van der Waals surface area contributed by atoms with Gasteiger partial charge in [0.2, 0.25) is 15.8 Å². The SMILES string of the molecule is COc1ccc(S(=O)(=O)N2CCN(c3nc(-c4ccc(C)cc4)no3)CC2)cc1. The minimum atomic E-state index is -3.55. The fourth-order valence-electron chi connectivity index (χ4n) is 3.18. The van der Waals surface area contributed by atoms with E-state index >= 15 is 0 Å². The van der Waals surface area contributed by atoms with Crippen molar-refractivity contribution in [2.75, 3.05) is 38.2 Å². The molecule has 4 rings (SSSR count). The third-order valence-corrected chi connectivity index (χ3v) is 6.84. The molecule has 0 N–H and O–H groups in total. The van der Waals surface area contributed by atoms with E-state index in [-0.39, 0.29) is 4.90 Å². The zero-order chi connectivity index (χ0) is 20.4. The van der Waals surface area contributed by atoms with E-state index in [2.05, 4.69) is 10.1 Å². The molecule has 0 aliphatic carbocycles. The predicted molar refractivity (Wildman–Crippen MR) is 108 cm³/mol. The maximum absolute atomic E-state index is 12.9. The van der Waals surface area contributed by atoms with E-state index in [0.29, 0.717) is 43.8 Å². The second kappa shape index (κ2) is 7.84. The Morgan fingerprint density at radius 3 is 2.24 bits per heavy atom. The molecule has 1 aromatic heterocycles. The predicted octanol–water partition coefficient (Wildman–Crippen LogP) is 2.56. The first-order chi connectivity index (χ1) is 14.0. The van der Waals surface area contributed by atoms with Gasteiger partial charge in [-0.1, -0.05) is 35.0 Å². The molecule has 0 spiro atoms. The van der Waals surface area contributed by atoms with Gasteiger partial charge in [-0.3, -0.25) is 0 Å². The minimum Gasteiger partial charge on any atom is -0.497 e. The van der Waals surface area contributed by atoms with Gasteiger partial charge in [-0.2, -0.15) is 9.29 Å². The number of sulfonamides is 1. The molecule has 0 amide bonds. The molecule has 0 radical (unpaired) electrons. The summed E-state index contributed by atoms with van der Waals surface area (Å²) in [7, 11) is -2.00. The van der Waals surface area contributed by atoms with E-state index in [1.54, 1.807) is 31.4 Å². The summed E-state index contributed by atoms with van der Waals surface area (Å²) in [4.78, 5) is 6.63. The number of piperazine rings is 1. The third kappa shape index (κ3) is 3.96. The first-order valence-corrected chi connectivity index (χ1v) is 10.7. The van der Waals surface area contributed by atoms with Gasteiger partial charge in [0, 0.05) is 31.7 Å². The van der Waals surface area contributed by atoms with Crippen LogP contribution in [-0.2, 0) is 10.0 Å². The smallest absolute Gasteiger partial charge is 0.324 e. The average molecular weight is 414 g/mol. The van der Waals surface area contributed by atoms with Gasteiger partial charge < -0.3 is 14.2 Å². The fraction of sp³-hybridized carbons (Fsp3) is 0.300. The molecule has 152 valence electrons. The summed E-state index contributed by atoms with van der Waals surface area (Å²) >= 11 is 0. The molecule has 1 aliphatic heterocycles. The molecule has 2 heterocycles. The molecule has 3 aromatic rings. The Bertz CT molecular complexity index is 1070. The second-order valence-corrected chi connectivity index (χ2v) is 8.77. The van der Waals surface area contributed by atoms with Crippen LogP contribution in [0.1, 0.15) is 5.56 Å². The highest BCUT2D eigenvalue weighted by atomic mass is 32.2. The number of benzene rings is 2. The number of hydrogen-bond donors (Lipinski definition) is 0. The van der Waals surface area contributed by atoms with Crippen molar-refractivity contribution in [3.8, 4) is 17.1 Å². The Kier molecular flexibility index (Phi) is 5.25. The van der Waals surface area contributed by atoms with Crippen LogP contribution in [-0.4, -0.2) is 56.2 Å². The van der Waals surface area contributed by atoms with Crippen LogP contribution in [0, 0.1) is 6.92 Å². The number of nitrogens with zero attached hydrogens (tertiary/aromatic N) is 4. The summed E-state index contributed by atoms with van der Waals surface area (Å²) in [5.41, 5.74) is 2.04. The molecule has 0 atom stereocenters. The lowest BCUT2D eigenvalue weighted by Gasteiger charge is -2.32. The molecule has 9 heteroatoms. The van der Waals surface area contributed by atoms with Crippen molar-refractivity contribution in [2.24, 2.45) is 0 Å². The van der Waals surface area contributed by atoms with E-state index in [4.69, 9.17) is 9.26 Å². The molecule has 0 saturated carbocycles. The Morgan fingerprint density at radius 1 is 0.966 bits per heavy atom. The summed E-state index contributed by atoms with van der Waals surface area (Å²) in [6.45, 7) is 3.66. The van der Waals surface area contributed by atoms with Crippen LogP contribution in [0.25, 0.3) is 11.4 Å². The number of anilines is 1. The molecule has 1 aliphatic rings. The summed E-state index contributed by atoms with van der Waals surface area (Å²) < 4.78 is 37.7. The number of aryl methyl sites for hydroxylation is 1. The van der Waals surface area contributed by atoms with Crippen LogP contribution in [0.15, 0.2) is 57.9 Å². The van der Waals surface area contributed by atoms with E-state index in [0.717, 1.165) is 11.1 Å². The number of aromatic nitrogens is 2. The molecule has 0 unspecified atom stereocenters. The van der Waals surface area contributed by atoms with Crippen LogP contribution >= 0.6 is 0 Å². The van der Waals surface area contributed by atoms with Crippen molar-refractivity contribution in [1.82, 2.24) is 14.4 Å². The molecule has 0 bridgehead atoms. The van der Waals surface area contributed by atoms with Crippen LogP contribution < -0.4 is 9.64 Å². The lowest BCUT2D eigenvalue weighted by Crippen LogP contribution is -2.48. The van der Waals surface area contributed by atoms with Crippen LogP contribution in [0.2, 0.25) is 0 Å². The Labute approximate surface area is 169 Å². The Morgan fingerprint density at radius 2 is 1.62 bits per heavy atom. The van der Waals surface area contributed by atoms with Gasteiger partial charge in [0.05, 0.1) is 12.0 Å². The normalized spacial score (nSPS) is 15.4. The van der Waals surface area contributed by atoms with E-state index < -0.39 is 10.0 Å². The highest BCUT2D eigenvalue weighted by molar-refractivity contribution is 7.89. The topological polar surface area (TPSA) is 88.8 Å². The molecule has 2 aromatic carbocycles. The molecule has 1 saturated heterocycles. The second-order valence-electron chi connectivity index (χ2n) is 6.83. The van der Waals surface area contributed by atoms with Crippen LogP contribution in [0.4, 0.5) is 6.01 Å². The van der Waals surface area contributed by atoms with Gasteiger partial charge in [0.15, 0.2) is 0 Å². The van der Waals surface area contributed by atoms with Crippen molar-refractivity contribution in [1.29, 1.82) is 0 Å². The van der Waals surface area contributed by atoms with Gasteiger partial charge >= 0.3 is 6.01 Å². The first-order valence-electron chi connectivity index (χ1n) is 9.27. The van der Waals surface area contributed by atoms with Crippen molar-refractivity contribution in [3.05, 3.63) is 54.1 Å². The highest BCUT2D eigenvalue weighted by Gasteiger charge is 2.30. The van der Waals surface area contributed by atoms with Crippen LogP contribution in [0.3, 0.4) is 0 Å². The number of ether oxygens (including phenoxy) is 1. The van der Waals surface area contributed by atoms with E-state index in [1.165, 1.54) is 4.31 Å². The lowest BCUT2D eigenvalue weighted by molar-refractivity contribution is 0.355. The largest absolute Gasteiger partial charge is 0.497 e. The molecule has 1 fully saturated rings. The van der Waals surface area contributed by atoms with Crippen molar-refractivity contribution < 1.29 is 17.7 Å². The number of rotatable bonds is 5.